The lowest BCUT2D eigenvalue weighted by Crippen LogP contribution is -2.33. The molecule has 0 radical (unpaired) electrons. The van der Waals surface area contributed by atoms with E-state index in [-0.39, 0.29) is 5.91 Å². The van der Waals surface area contributed by atoms with Crippen LogP contribution in [0.15, 0.2) is 0 Å². The summed E-state index contributed by atoms with van der Waals surface area (Å²) in [7, 11) is 0. The molecule has 0 spiro atoms. The molecule has 22 heavy (non-hydrogen) atoms. The van der Waals surface area contributed by atoms with Crippen molar-refractivity contribution in [2.75, 3.05) is 32.7 Å². The van der Waals surface area contributed by atoms with Crippen molar-refractivity contribution in [1.29, 1.82) is 0 Å². The van der Waals surface area contributed by atoms with Gasteiger partial charge in [-0.25, -0.2) is 0 Å². The van der Waals surface area contributed by atoms with E-state index in [1.165, 1.54) is 45.3 Å². The zero-order valence-corrected chi connectivity index (χ0v) is 16.3. The highest BCUT2D eigenvalue weighted by atomic mass is 16.2. The van der Waals surface area contributed by atoms with E-state index in [1.54, 1.807) is 6.92 Å². The van der Waals surface area contributed by atoms with Gasteiger partial charge < -0.3 is 9.80 Å². The predicted octanol–water partition coefficient (Wildman–Crippen LogP) is 4.95. The van der Waals surface area contributed by atoms with Gasteiger partial charge in [0, 0.05) is 20.0 Å². The number of rotatable bonds is 8. The Morgan fingerprint density at radius 1 is 0.909 bits per heavy atom. The number of piperidine rings is 1. The van der Waals surface area contributed by atoms with Crippen LogP contribution >= 0.6 is 0 Å². The maximum atomic E-state index is 11.5. The number of hydrogen-bond acceptors (Lipinski definition) is 2. The molecule has 1 aliphatic heterocycles. The molecule has 3 heteroatoms. The summed E-state index contributed by atoms with van der Waals surface area (Å²) in [5, 5.41) is 0. The lowest BCUT2D eigenvalue weighted by atomic mass is 10.1. The van der Waals surface area contributed by atoms with Gasteiger partial charge in [-0.3, -0.25) is 4.79 Å². The molecule has 0 unspecified atom stereocenters. The van der Waals surface area contributed by atoms with Crippen LogP contribution in [0.1, 0.15) is 86.5 Å². The molecular weight excluding hydrogens is 272 g/mol. The minimum absolute atomic E-state index is 0.237. The van der Waals surface area contributed by atoms with Crippen molar-refractivity contribution in [1.82, 2.24) is 9.80 Å². The summed E-state index contributed by atoms with van der Waals surface area (Å²) >= 11 is 0. The Morgan fingerprint density at radius 3 is 1.95 bits per heavy atom. The van der Waals surface area contributed by atoms with Gasteiger partial charge >= 0.3 is 0 Å². The van der Waals surface area contributed by atoms with E-state index in [2.05, 4.69) is 11.8 Å². The lowest BCUT2D eigenvalue weighted by Gasteiger charge is -2.27. The van der Waals surface area contributed by atoms with Gasteiger partial charge in [-0.15, -0.1) is 0 Å². The van der Waals surface area contributed by atoms with E-state index >= 15 is 0 Å². The van der Waals surface area contributed by atoms with Crippen LogP contribution < -0.4 is 0 Å². The first kappa shape index (κ1) is 23.7. The second-order valence-corrected chi connectivity index (χ2v) is 5.47. The molecule has 1 amide bonds. The van der Waals surface area contributed by atoms with Crippen molar-refractivity contribution < 1.29 is 4.79 Å². The quantitative estimate of drug-likeness (QED) is 0.592. The first-order valence-electron chi connectivity index (χ1n) is 9.72. The van der Waals surface area contributed by atoms with Crippen LogP contribution in [0.2, 0.25) is 0 Å². The number of likely N-dealkylation sites (tertiary alicyclic amines) is 1. The molecule has 1 fully saturated rings. The van der Waals surface area contributed by atoms with Gasteiger partial charge in [0.1, 0.15) is 0 Å². The average molecular weight is 315 g/mol. The van der Waals surface area contributed by atoms with Gasteiger partial charge in [0.15, 0.2) is 0 Å². The molecule has 0 atom stereocenters. The maximum Gasteiger partial charge on any atom is 0.219 e. The maximum absolute atomic E-state index is 11.5. The molecule has 0 saturated carbocycles. The fourth-order valence-corrected chi connectivity index (χ4v) is 2.60. The molecule has 0 aromatic rings. The molecule has 0 aromatic carbocycles. The summed E-state index contributed by atoms with van der Waals surface area (Å²) in [6.07, 6.45) is 8.83. The normalized spacial score (nSPS) is 14.3. The number of carbonyl (C=O) groups is 1. The SMILES string of the molecule is CC.CC.CCCCN(CCCCN1CCCCC1)C(C)=O. The van der Waals surface area contributed by atoms with Crippen LogP contribution in [0.4, 0.5) is 0 Å². The number of unbranched alkanes of at least 4 members (excludes halogenated alkanes) is 2. The Balaban J connectivity index is 0. The minimum atomic E-state index is 0.237. The number of nitrogens with zero attached hydrogens (tertiary/aromatic N) is 2. The molecule has 3 nitrogen and oxygen atoms in total. The van der Waals surface area contributed by atoms with Crippen molar-refractivity contribution in [2.45, 2.75) is 86.5 Å². The van der Waals surface area contributed by atoms with Crippen LogP contribution in [0.3, 0.4) is 0 Å². The summed E-state index contributed by atoms with van der Waals surface area (Å²) in [4.78, 5) is 16.1. The number of amides is 1. The van der Waals surface area contributed by atoms with Crippen molar-refractivity contribution in [3.8, 4) is 0 Å². The Morgan fingerprint density at radius 2 is 1.45 bits per heavy atom. The third-order valence-electron chi connectivity index (χ3n) is 3.83. The molecule has 0 aliphatic carbocycles. The van der Waals surface area contributed by atoms with Gasteiger partial charge in [-0.1, -0.05) is 47.5 Å². The summed E-state index contributed by atoms with van der Waals surface area (Å²) in [5.74, 6) is 0.237. The van der Waals surface area contributed by atoms with E-state index in [0.29, 0.717) is 0 Å². The highest BCUT2D eigenvalue weighted by molar-refractivity contribution is 5.73. The van der Waals surface area contributed by atoms with Crippen LogP contribution in [-0.2, 0) is 4.79 Å². The summed E-state index contributed by atoms with van der Waals surface area (Å²) in [5.41, 5.74) is 0. The van der Waals surface area contributed by atoms with Crippen molar-refractivity contribution in [3.05, 3.63) is 0 Å². The van der Waals surface area contributed by atoms with Crippen LogP contribution in [-0.4, -0.2) is 48.4 Å². The van der Waals surface area contributed by atoms with Crippen LogP contribution in [0.5, 0.6) is 0 Å². The van der Waals surface area contributed by atoms with E-state index in [9.17, 15) is 4.79 Å². The van der Waals surface area contributed by atoms with E-state index in [1.807, 2.05) is 32.6 Å². The molecular formula is C19H42N2O. The van der Waals surface area contributed by atoms with Gasteiger partial charge in [0.2, 0.25) is 5.91 Å². The highest BCUT2D eigenvalue weighted by Crippen LogP contribution is 2.09. The molecule has 0 bridgehead atoms. The van der Waals surface area contributed by atoms with Gasteiger partial charge in [0.25, 0.3) is 0 Å². The lowest BCUT2D eigenvalue weighted by molar-refractivity contribution is -0.129. The smallest absolute Gasteiger partial charge is 0.219 e. The zero-order valence-electron chi connectivity index (χ0n) is 16.3. The largest absolute Gasteiger partial charge is 0.343 e. The standard InChI is InChI=1S/C15H30N2O.2C2H6/c1-3-4-13-17(15(2)18)14-9-8-12-16-10-6-5-7-11-16;2*1-2/h3-14H2,1-2H3;2*1-2H3. The number of hydrogen-bond donors (Lipinski definition) is 0. The molecule has 0 aromatic heterocycles. The average Bonchev–Trinajstić information content (AvgIpc) is 2.58. The Kier molecular flexibility index (Phi) is 19.9. The van der Waals surface area contributed by atoms with Gasteiger partial charge in [-0.2, -0.15) is 0 Å². The molecule has 134 valence electrons. The fourth-order valence-electron chi connectivity index (χ4n) is 2.60. The van der Waals surface area contributed by atoms with Gasteiger partial charge in [0.05, 0.1) is 0 Å². The minimum Gasteiger partial charge on any atom is -0.343 e. The van der Waals surface area contributed by atoms with Crippen molar-refractivity contribution >= 4 is 5.91 Å². The molecule has 0 N–H and O–H groups in total. The fraction of sp³-hybridized carbons (Fsp3) is 0.947. The second-order valence-electron chi connectivity index (χ2n) is 5.47. The third-order valence-corrected chi connectivity index (χ3v) is 3.83. The predicted molar refractivity (Wildman–Crippen MR) is 99.4 cm³/mol. The summed E-state index contributed by atoms with van der Waals surface area (Å²) in [6, 6.07) is 0. The van der Waals surface area contributed by atoms with E-state index < -0.39 is 0 Å². The Bertz CT molecular complexity index is 225. The van der Waals surface area contributed by atoms with Crippen molar-refractivity contribution in [2.24, 2.45) is 0 Å². The molecule has 1 heterocycles. The monoisotopic (exact) mass is 314 g/mol. The highest BCUT2D eigenvalue weighted by Gasteiger charge is 2.10. The molecule has 1 rings (SSSR count). The number of carbonyl (C=O) groups excluding carboxylic acids is 1. The summed E-state index contributed by atoms with van der Waals surface area (Å²) < 4.78 is 0. The van der Waals surface area contributed by atoms with Gasteiger partial charge in [-0.05, 0) is 51.7 Å². The van der Waals surface area contributed by atoms with Crippen LogP contribution in [0.25, 0.3) is 0 Å². The first-order chi connectivity index (χ1) is 10.7. The molecule has 1 aliphatic rings. The Hall–Kier alpha value is -0.570. The van der Waals surface area contributed by atoms with E-state index in [0.717, 1.165) is 32.4 Å². The topological polar surface area (TPSA) is 23.6 Å². The van der Waals surface area contributed by atoms with Crippen LogP contribution in [0, 0.1) is 0 Å². The second kappa shape index (κ2) is 18.5. The van der Waals surface area contributed by atoms with E-state index in [4.69, 9.17) is 0 Å². The Labute approximate surface area is 140 Å². The third kappa shape index (κ3) is 13.1. The first-order valence-corrected chi connectivity index (χ1v) is 9.72. The summed E-state index contributed by atoms with van der Waals surface area (Å²) in [6.45, 7) is 17.5. The zero-order chi connectivity index (χ0) is 17.2. The van der Waals surface area contributed by atoms with Crippen molar-refractivity contribution in [3.63, 3.8) is 0 Å². The molecule has 1 saturated heterocycles.